The van der Waals surface area contributed by atoms with Gasteiger partial charge in [-0.05, 0) is 23.8 Å². The molecule has 0 fully saturated rings. The normalized spacial score (nSPS) is 11.7. The van der Waals surface area contributed by atoms with E-state index in [1.807, 2.05) is 0 Å². The molecule has 0 aliphatic rings. The summed E-state index contributed by atoms with van der Waals surface area (Å²) in [5.74, 6) is 0. The number of allylic oxidation sites excluding steroid dienone is 1. The smallest absolute Gasteiger partial charge is 0.258 e. The molecule has 0 aliphatic carbocycles. The van der Waals surface area contributed by atoms with Gasteiger partial charge in [-0.2, -0.15) is 5.26 Å². The maximum atomic E-state index is 12.4. The maximum absolute atomic E-state index is 12.4. The van der Waals surface area contributed by atoms with Crippen LogP contribution in [0.2, 0.25) is 0 Å². The molecule has 0 unspecified atom stereocenters. The molecule has 110 valence electrons. The summed E-state index contributed by atoms with van der Waals surface area (Å²) in [5.41, 5.74) is 0.0911. The van der Waals surface area contributed by atoms with Crippen LogP contribution in [0.25, 0.3) is 6.08 Å². The number of nitro groups is 1. The highest BCUT2D eigenvalue weighted by Crippen LogP contribution is 2.22. The summed E-state index contributed by atoms with van der Waals surface area (Å²) in [5, 5.41) is 19.9. The summed E-state index contributed by atoms with van der Waals surface area (Å²) < 4.78 is 24.7. The van der Waals surface area contributed by atoms with E-state index >= 15 is 0 Å². The summed E-state index contributed by atoms with van der Waals surface area (Å²) in [6.07, 6.45) is 1.12. The molecule has 2 rings (SSSR count). The molecule has 0 aliphatic heterocycles. The van der Waals surface area contributed by atoms with Gasteiger partial charge in [0.15, 0.2) is 0 Å². The second-order valence-electron chi connectivity index (χ2n) is 4.29. The predicted octanol–water partition coefficient (Wildman–Crippen LogP) is 2.93. The molecule has 2 aromatic rings. The first-order valence-corrected chi connectivity index (χ1v) is 7.60. The minimum absolute atomic E-state index is 0.00627. The van der Waals surface area contributed by atoms with Crippen molar-refractivity contribution in [1.82, 2.24) is 0 Å². The van der Waals surface area contributed by atoms with Crippen molar-refractivity contribution in [3.05, 3.63) is 75.2 Å². The number of sulfone groups is 1. The number of benzene rings is 2. The van der Waals surface area contributed by atoms with E-state index in [0.29, 0.717) is 0 Å². The van der Waals surface area contributed by atoms with Crippen molar-refractivity contribution in [2.75, 3.05) is 0 Å². The van der Waals surface area contributed by atoms with Crippen LogP contribution in [0.4, 0.5) is 5.69 Å². The van der Waals surface area contributed by atoms with Crippen molar-refractivity contribution in [2.45, 2.75) is 4.90 Å². The highest BCUT2D eigenvalue weighted by Gasteiger charge is 2.20. The van der Waals surface area contributed by atoms with E-state index in [9.17, 15) is 18.5 Å². The third kappa shape index (κ3) is 3.19. The van der Waals surface area contributed by atoms with Crippen LogP contribution < -0.4 is 0 Å². The molecule has 0 atom stereocenters. The lowest BCUT2D eigenvalue weighted by molar-refractivity contribution is -0.384. The summed E-state index contributed by atoms with van der Waals surface area (Å²) in [6.45, 7) is 0. The summed E-state index contributed by atoms with van der Waals surface area (Å²) in [4.78, 5) is 9.66. The van der Waals surface area contributed by atoms with Gasteiger partial charge in [-0.1, -0.05) is 30.3 Å². The molecule has 0 heterocycles. The Morgan fingerprint density at radius 3 is 2.41 bits per heavy atom. The Labute approximate surface area is 127 Å². The second-order valence-corrected chi connectivity index (χ2v) is 6.21. The molecule has 0 saturated carbocycles. The van der Waals surface area contributed by atoms with Gasteiger partial charge in [0.05, 0.1) is 9.82 Å². The number of hydrogen-bond donors (Lipinski definition) is 0. The van der Waals surface area contributed by atoms with Crippen LogP contribution in [0.1, 0.15) is 5.56 Å². The zero-order chi connectivity index (χ0) is 16.2. The summed E-state index contributed by atoms with van der Waals surface area (Å²) >= 11 is 0. The van der Waals surface area contributed by atoms with E-state index in [1.165, 1.54) is 36.4 Å². The highest BCUT2D eigenvalue weighted by molar-refractivity contribution is 7.95. The molecule has 0 saturated heterocycles. The fraction of sp³-hybridized carbons (Fsp3) is 0. The number of nitro benzene ring substituents is 1. The molecular weight excluding hydrogens is 304 g/mol. The predicted molar refractivity (Wildman–Crippen MR) is 80.3 cm³/mol. The average Bonchev–Trinajstić information content (AvgIpc) is 2.53. The molecular formula is C15H10N2O4S. The fourth-order valence-electron chi connectivity index (χ4n) is 1.78. The zero-order valence-electron chi connectivity index (χ0n) is 11.2. The first-order valence-electron chi connectivity index (χ1n) is 6.11. The molecule has 0 amide bonds. The quantitative estimate of drug-likeness (QED) is 0.490. The van der Waals surface area contributed by atoms with Crippen LogP contribution in [0.5, 0.6) is 0 Å². The first-order chi connectivity index (χ1) is 10.4. The van der Waals surface area contributed by atoms with Crippen LogP contribution in [-0.4, -0.2) is 13.3 Å². The summed E-state index contributed by atoms with van der Waals surface area (Å²) in [7, 11) is -3.95. The second kappa shape index (κ2) is 6.20. The Morgan fingerprint density at radius 2 is 1.82 bits per heavy atom. The maximum Gasteiger partial charge on any atom is 0.270 e. The molecule has 2 aromatic carbocycles. The lowest BCUT2D eigenvalue weighted by atomic mass is 10.2. The van der Waals surface area contributed by atoms with E-state index < -0.39 is 19.7 Å². The van der Waals surface area contributed by atoms with Gasteiger partial charge in [0, 0.05) is 12.1 Å². The van der Waals surface area contributed by atoms with E-state index in [1.54, 1.807) is 24.3 Å². The molecule has 0 spiro atoms. The average molecular weight is 314 g/mol. The van der Waals surface area contributed by atoms with E-state index in [2.05, 4.69) is 0 Å². The standard InChI is InChI=1S/C15H10N2O4S/c16-11-15(22(20,21)14-7-2-1-3-8-14)10-12-5-4-6-13(9-12)17(18)19/h1-10H. The Kier molecular flexibility index (Phi) is 4.34. The molecule has 7 heteroatoms. The van der Waals surface area contributed by atoms with Gasteiger partial charge in [0.2, 0.25) is 9.84 Å². The monoisotopic (exact) mass is 314 g/mol. The SMILES string of the molecule is N#CC(=Cc1cccc([N+](=O)[O-])c1)S(=O)(=O)c1ccccc1. The number of non-ortho nitro benzene ring substituents is 1. The lowest BCUT2D eigenvalue weighted by Gasteiger charge is -2.02. The first kappa shape index (κ1) is 15.4. The summed E-state index contributed by atoms with van der Waals surface area (Å²) in [6, 6.07) is 14.6. The number of nitrogens with zero attached hydrogens (tertiary/aromatic N) is 2. The molecule has 0 aromatic heterocycles. The van der Waals surface area contributed by atoms with Crippen molar-refractivity contribution in [3.8, 4) is 6.07 Å². The van der Waals surface area contributed by atoms with Crippen LogP contribution >= 0.6 is 0 Å². The molecule has 22 heavy (non-hydrogen) atoms. The Balaban J connectivity index is 2.51. The Hall–Kier alpha value is -2.98. The van der Waals surface area contributed by atoms with Crippen molar-refractivity contribution < 1.29 is 13.3 Å². The van der Waals surface area contributed by atoms with E-state index in [4.69, 9.17) is 5.26 Å². The Bertz CT molecular complexity index is 881. The van der Waals surface area contributed by atoms with Gasteiger partial charge in [0.25, 0.3) is 5.69 Å². The molecule has 0 N–H and O–H groups in total. The van der Waals surface area contributed by atoms with Gasteiger partial charge >= 0.3 is 0 Å². The van der Waals surface area contributed by atoms with Crippen LogP contribution in [0.3, 0.4) is 0 Å². The topological polar surface area (TPSA) is 101 Å². The largest absolute Gasteiger partial charge is 0.270 e. The van der Waals surface area contributed by atoms with Crippen molar-refractivity contribution in [2.24, 2.45) is 0 Å². The van der Waals surface area contributed by atoms with Gasteiger partial charge < -0.3 is 0 Å². The van der Waals surface area contributed by atoms with Crippen molar-refractivity contribution in [1.29, 1.82) is 5.26 Å². The number of rotatable bonds is 4. The fourth-order valence-corrected chi connectivity index (χ4v) is 2.96. The van der Waals surface area contributed by atoms with Crippen molar-refractivity contribution >= 4 is 21.6 Å². The third-order valence-corrected chi connectivity index (χ3v) is 4.51. The highest BCUT2D eigenvalue weighted by atomic mass is 32.2. The number of hydrogen-bond acceptors (Lipinski definition) is 5. The molecule has 0 radical (unpaired) electrons. The van der Waals surface area contributed by atoms with E-state index in [0.717, 1.165) is 6.08 Å². The van der Waals surface area contributed by atoms with Gasteiger partial charge in [0.1, 0.15) is 11.0 Å². The van der Waals surface area contributed by atoms with Crippen LogP contribution in [0, 0.1) is 21.4 Å². The van der Waals surface area contributed by atoms with Gasteiger partial charge in [-0.25, -0.2) is 8.42 Å². The number of nitriles is 1. The molecule has 6 nitrogen and oxygen atoms in total. The van der Waals surface area contributed by atoms with E-state index in [-0.39, 0.29) is 16.1 Å². The van der Waals surface area contributed by atoms with Crippen molar-refractivity contribution in [3.63, 3.8) is 0 Å². The van der Waals surface area contributed by atoms with Gasteiger partial charge in [-0.3, -0.25) is 10.1 Å². The minimum Gasteiger partial charge on any atom is -0.258 e. The Morgan fingerprint density at radius 1 is 1.14 bits per heavy atom. The van der Waals surface area contributed by atoms with Gasteiger partial charge in [-0.15, -0.1) is 0 Å². The van der Waals surface area contributed by atoms with Crippen LogP contribution in [-0.2, 0) is 9.84 Å². The molecule has 0 bridgehead atoms. The lowest BCUT2D eigenvalue weighted by Crippen LogP contribution is -2.03. The van der Waals surface area contributed by atoms with Crippen LogP contribution in [0.15, 0.2) is 64.4 Å². The minimum atomic E-state index is -3.95. The zero-order valence-corrected chi connectivity index (χ0v) is 12.0. The third-order valence-electron chi connectivity index (χ3n) is 2.83.